The summed E-state index contributed by atoms with van der Waals surface area (Å²) in [4.78, 5) is 3.78. The first kappa shape index (κ1) is 10.7. The van der Waals surface area contributed by atoms with Crippen molar-refractivity contribution >= 4 is 8.41 Å². The number of pyridine rings is 1. The van der Waals surface area contributed by atoms with Crippen molar-refractivity contribution in [1.29, 1.82) is 0 Å². The number of aromatic nitrogens is 1. The van der Waals surface area contributed by atoms with Crippen LogP contribution in [0.15, 0.2) is 30.6 Å². The van der Waals surface area contributed by atoms with E-state index in [4.69, 9.17) is 0 Å². The third-order valence-electron chi connectivity index (χ3n) is 0.566. The van der Waals surface area contributed by atoms with Crippen molar-refractivity contribution in [2.75, 3.05) is 0 Å². The molecule has 1 rings (SSSR count). The smallest absolute Gasteiger partial charge is 0.265 e. The van der Waals surface area contributed by atoms with Crippen molar-refractivity contribution in [3.05, 3.63) is 30.6 Å². The van der Waals surface area contributed by atoms with Crippen LogP contribution in [0, 0.1) is 0 Å². The Kier molecular flexibility index (Phi) is 9.14. The minimum Gasteiger partial charge on any atom is -0.265 e. The molecule has 0 aliphatic carbocycles. The Hall–Kier alpha value is -0.188. The Morgan fingerprint density at radius 3 is 1.50 bits per heavy atom. The summed E-state index contributed by atoms with van der Waals surface area (Å²) in [6, 6.07) is 5.72. The molecule has 8 heavy (non-hydrogen) atoms. The molecule has 0 bridgehead atoms. The van der Waals surface area contributed by atoms with E-state index < -0.39 is 0 Å². The molecule has 1 nitrogen and oxygen atoms in total. The molecule has 1 heterocycles. The minimum absolute atomic E-state index is 0. The number of hydrogen-bond donors (Lipinski definition) is 0. The van der Waals surface area contributed by atoms with Gasteiger partial charge in [0.25, 0.3) is 0 Å². The van der Waals surface area contributed by atoms with Crippen molar-refractivity contribution in [3.8, 4) is 0 Å². The normalized spacial score (nSPS) is 6.00. The zero-order valence-corrected chi connectivity index (χ0v) is 4.33. The van der Waals surface area contributed by atoms with E-state index in [1.807, 2.05) is 18.2 Å². The molecule has 38 valence electrons. The minimum atomic E-state index is 0. The third-order valence-corrected chi connectivity index (χ3v) is 0.566. The summed E-state index contributed by atoms with van der Waals surface area (Å²) in [5, 5.41) is 0. The van der Waals surface area contributed by atoms with Crippen molar-refractivity contribution in [3.63, 3.8) is 0 Å². The van der Waals surface area contributed by atoms with E-state index in [1.165, 1.54) is 0 Å². The molecule has 0 aromatic carbocycles. The van der Waals surface area contributed by atoms with Gasteiger partial charge in [-0.2, -0.15) is 0 Å². The summed E-state index contributed by atoms with van der Waals surface area (Å²) >= 11 is 0. The Morgan fingerprint density at radius 1 is 0.875 bits per heavy atom. The second-order valence-electron chi connectivity index (χ2n) is 1.02. The van der Waals surface area contributed by atoms with Crippen LogP contribution in [0.5, 0.6) is 0 Å². The van der Waals surface area contributed by atoms with Gasteiger partial charge in [0.15, 0.2) is 0 Å². The largest absolute Gasteiger partial charge is 1.00 e. The molecule has 1 aromatic heterocycles. The third kappa shape index (κ3) is 3.98. The number of nitrogens with zero attached hydrogens (tertiary/aromatic N) is 1. The summed E-state index contributed by atoms with van der Waals surface area (Å²) in [5.74, 6) is 0. The summed E-state index contributed by atoms with van der Waals surface area (Å²) in [6.45, 7) is 0. The summed E-state index contributed by atoms with van der Waals surface area (Å²) in [6.07, 6.45) is 3.50. The van der Waals surface area contributed by atoms with Crippen LogP contribution in [-0.2, 0) is 0 Å². The predicted octanol–water partition coefficient (Wildman–Crippen LogP) is -3.37. The van der Waals surface area contributed by atoms with Crippen molar-refractivity contribution in [2.24, 2.45) is 0 Å². The van der Waals surface area contributed by atoms with E-state index in [0.29, 0.717) is 0 Å². The first-order valence-corrected chi connectivity index (χ1v) is 1.85. The quantitative estimate of drug-likeness (QED) is 0.311. The average molecular weight is 101 g/mol. The van der Waals surface area contributed by atoms with E-state index >= 15 is 0 Å². The van der Waals surface area contributed by atoms with E-state index in [2.05, 4.69) is 4.98 Å². The van der Waals surface area contributed by atoms with Gasteiger partial charge in [0.05, 0.1) is 0 Å². The standard InChI is InChI=1S/C5H5N.BH4.Li/c1-2-4-6-5-3-1;;/h1-5H;1H4;/q;-1;+1. The Bertz CT molecular complexity index is 84.4. The molecule has 0 N–H and O–H groups in total. The van der Waals surface area contributed by atoms with E-state index in [0.717, 1.165) is 0 Å². The van der Waals surface area contributed by atoms with Crippen molar-refractivity contribution in [2.45, 2.75) is 0 Å². The maximum absolute atomic E-state index is 3.78. The fourth-order valence-corrected chi connectivity index (χ4v) is 0.313. The van der Waals surface area contributed by atoms with Crippen LogP contribution in [0.4, 0.5) is 0 Å². The summed E-state index contributed by atoms with van der Waals surface area (Å²) < 4.78 is 0. The monoisotopic (exact) mass is 101 g/mol. The van der Waals surface area contributed by atoms with Gasteiger partial charge in [-0.1, -0.05) is 14.5 Å². The van der Waals surface area contributed by atoms with Crippen LogP contribution < -0.4 is 18.9 Å². The van der Waals surface area contributed by atoms with Crippen molar-refractivity contribution in [1.82, 2.24) is 4.98 Å². The van der Waals surface area contributed by atoms with Gasteiger partial charge in [0.2, 0.25) is 0 Å². The zero-order chi connectivity index (χ0) is 4.24. The van der Waals surface area contributed by atoms with E-state index in [1.54, 1.807) is 12.4 Å². The van der Waals surface area contributed by atoms with Crippen LogP contribution in [0.1, 0.15) is 0 Å². The van der Waals surface area contributed by atoms with Crippen LogP contribution in [0.3, 0.4) is 0 Å². The molecule has 0 atom stereocenters. The van der Waals surface area contributed by atoms with Gasteiger partial charge in [-0.25, -0.2) is 0 Å². The van der Waals surface area contributed by atoms with E-state index in [9.17, 15) is 0 Å². The van der Waals surface area contributed by atoms with Gasteiger partial charge >= 0.3 is 18.9 Å². The van der Waals surface area contributed by atoms with Gasteiger partial charge in [-0.3, -0.25) is 4.98 Å². The fraction of sp³-hybridized carbons (Fsp3) is 0. The zero-order valence-electron chi connectivity index (χ0n) is 4.33. The second kappa shape index (κ2) is 6.81. The molecule has 0 spiro atoms. The van der Waals surface area contributed by atoms with Crippen LogP contribution in [0.2, 0.25) is 0 Å². The maximum Gasteiger partial charge on any atom is 1.00 e. The van der Waals surface area contributed by atoms with Gasteiger partial charge in [-0.15, -0.1) is 0 Å². The molecular weight excluding hydrogens is 91.8 g/mol. The molecule has 0 amide bonds. The number of rotatable bonds is 0. The molecule has 1 aromatic rings. The molecule has 0 saturated carbocycles. The second-order valence-corrected chi connectivity index (χ2v) is 1.02. The van der Waals surface area contributed by atoms with Gasteiger partial charge < -0.3 is 0 Å². The van der Waals surface area contributed by atoms with Crippen LogP contribution >= 0.6 is 0 Å². The van der Waals surface area contributed by atoms with Gasteiger partial charge in [-0.05, 0) is 12.1 Å². The van der Waals surface area contributed by atoms with Crippen molar-refractivity contribution < 1.29 is 18.9 Å². The Balaban J connectivity index is 0. The average Bonchev–Trinajstić information content (AvgIpc) is 1.72. The maximum atomic E-state index is 3.78. The predicted molar refractivity (Wildman–Crippen MR) is 35.6 cm³/mol. The molecule has 0 radical (unpaired) electrons. The van der Waals surface area contributed by atoms with Gasteiger partial charge in [0, 0.05) is 12.4 Å². The summed E-state index contributed by atoms with van der Waals surface area (Å²) in [5.41, 5.74) is 0. The molecule has 3 heteroatoms. The Labute approximate surface area is 63.3 Å². The first-order valence-electron chi connectivity index (χ1n) is 1.85. The molecular formula is C5H9BLiN. The summed E-state index contributed by atoms with van der Waals surface area (Å²) in [7, 11) is 0. The van der Waals surface area contributed by atoms with Crippen LogP contribution in [0.25, 0.3) is 0 Å². The van der Waals surface area contributed by atoms with Gasteiger partial charge in [0.1, 0.15) is 0 Å². The molecule has 0 aliphatic rings. The molecule has 0 fully saturated rings. The number of hydrogen-bond acceptors (Lipinski definition) is 1. The SMILES string of the molecule is [BH4-].[Li+].c1ccncc1. The Morgan fingerprint density at radius 2 is 1.38 bits per heavy atom. The van der Waals surface area contributed by atoms with E-state index in [-0.39, 0.29) is 27.3 Å². The first-order chi connectivity index (χ1) is 3.00. The molecule has 0 aliphatic heterocycles. The molecule has 0 saturated heterocycles. The molecule has 0 unspecified atom stereocenters. The topological polar surface area (TPSA) is 12.9 Å². The van der Waals surface area contributed by atoms with Crippen LogP contribution in [-0.4, -0.2) is 13.4 Å². The fourth-order valence-electron chi connectivity index (χ4n) is 0.313.